The van der Waals surface area contributed by atoms with Gasteiger partial charge in [-0.15, -0.1) is 6.42 Å². The molecular formula is C26H50NNa2O8P. The van der Waals surface area contributed by atoms with Crippen molar-refractivity contribution in [1.82, 2.24) is 6.15 Å². The van der Waals surface area contributed by atoms with E-state index in [9.17, 15) is 23.9 Å². The summed E-state index contributed by atoms with van der Waals surface area (Å²) >= 11 is 0. The predicted octanol–water partition coefficient (Wildman–Crippen LogP) is -2.33. The third-order valence-electron chi connectivity index (χ3n) is 3.46. The Morgan fingerprint density at radius 3 is 1.84 bits per heavy atom. The summed E-state index contributed by atoms with van der Waals surface area (Å²) in [5.41, 5.74) is 0. The van der Waals surface area contributed by atoms with Crippen molar-refractivity contribution >= 4 is 19.8 Å². The van der Waals surface area contributed by atoms with Crippen LogP contribution in [-0.4, -0.2) is 31.3 Å². The first-order valence-corrected chi connectivity index (χ1v) is 11.7. The fraction of sp³-hybridized carbons (Fsp3) is 0.385. The van der Waals surface area contributed by atoms with Crippen molar-refractivity contribution in [3.05, 3.63) is 0 Å². The Kier molecular flexibility index (Phi) is 33.4. The number of hydrogen-bond donors (Lipinski definition) is 1. The minimum Gasteiger partial charge on any atom is -0.790 e. The van der Waals surface area contributed by atoms with Crippen molar-refractivity contribution < 1.29 is 116 Å². The fourth-order valence-corrected chi connectivity index (χ4v) is 2.36. The van der Waals surface area contributed by atoms with E-state index in [1.807, 2.05) is 5.92 Å². The normalized spacial score (nSPS) is 8.68. The fourth-order valence-electron chi connectivity index (χ4n) is 2.01. The second-order valence-corrected chi connectivity index (χ2v) is 7.41. The molecule has 0 aliphatic rings. The SMILES string of the molecule is C#CC#CC#CC#CC#CC#CC#CC(=O)OC[C@H](COP(=O)([O-])[O-])OC(=O)CCCCCCC.N.[HH].[HH].[HH].[HH].[HH].[HH].[HH].[HH].[HH].[HH].[HH].[HH].[HH].[Na+].[Na+]. The van der Waals surface area contributed by atoms with Crippen LogP contribution < -0.4 is 75.1 Å². The summed E-state index contributed by atoms with van der Waals surface area (Å²) in [5.74, 6) is 28.2. The molecular weight excluding hydrogens is 531 g/mol. The van der Waals surface area contributed by atoms with E-state index in [0.717, 1.165) is 25.7 Å². The number of rotatable bonds is 12. The number of carbonyl (C=O) groups excluding carboxylic acids is 2. The first-order valence-electron chi connectivity index (χ1n) is 10.3. The molecule has 0 saturated heterocycles. The quantitative estimate of drug-likeness (QED) is 0.0666. The Hall–Kier alpha value is -2.07. The van der Waals surface area contributed by atoms with Crippen LogP contribution in [0.15, 0.2) is 0 Å². The van der Waals surface area contributed by atoms with Gasteiger partial charge in [-0.2, -0.15) is 0 Å². The molecule has 0 aromatic heterocycles. The predicted molar refractivity (Wildman–Crippen MR) is 156 cm³/mol. The molecule has 1 atom stereocenters. The number of phosphoric ester groups is 1. The van der Waals surface area contributed by atoms with E-state index in [2.05, 4.69) is 82.5 Å². The van der Waals surface area contributed by atoms with Crippen LogP contribution in [0.1, 0.15) is 64.0 Å². The molecule has 38 heavy (non-hydrogen) atoms. The maximum atomic E-state index is 11.9. The van der Waals surface area contributed by atoms with E-state index in [4.69, 9.17) is 15.9 Å². The molecule has 0 unspecified atom stereocenters. The Bertz CT molecular complexity index is 1240. The van der Waals surface area contributed by atoms with Crippen LogP contribution in [0, 0.1) is 83.4 Å². The number of carbonyl (C=O) groups is 2. The monoisotopic (exact) mass is 581 g/mol. The zero-order valence-electron chi connectivity index (χ0n) is 21.7. The van der Waals surface area contributed by atoms with E-state index in [1.165, 1.54) is 0 Å². The minimum absolute atomic E-state index is 0. The Labute approximate surface area is 288 Å². The van der Waals surface area contributed by atoms with Crippen molar-refractivity contribution in [2.24, 2.45) is 0 Å². The van der Waals surface area contributed by atoms with Gasteiger partial charge in [-0.25, -0.2) is 4.79 Å². The van der Waals surface area contributed by atoms with Gasteiger partial charge in [-0.1, -0.05) is 32.6 Å². The van der Waals surface area contributed by atoms with Crippen molar-refractivity contribution in [1.29, 1.82) is 0 Å². The van der Waals surface area contributed by atoms with Crippen LogP contribution >= 0.6 is 7.82 Å². The number of unbranched alkanes of at least 4 members (excludes halogenated alkanes) is 4. The molecule has 3 N–H and O–H groups in total. The average Bonchev–Trinajstić information content (AvgIpc) is 2.80. The Balaban J connectivity index is -0.0000000482. The summed E-state index contributed by atoms with van der Waals surface area (Å²) in [6.07, 6.45) is 8.20. The van der Waals surface area contributed by atoms with Crippen molar-refractivity contribution in [3.63, 3.8) is 0 Å². The van der Waals surface area contributed by atoms with Gasteiger partial charge in [0.05, 0.1) is 14.4 Å². The summed E-state index contributed by atoms with van der Waals surface area (Å²) < 4.78 is 24.7. The summed E-state index contributed by atoms with van der Waals surface area (Å²) in [7, 11) is -5.31. The molecule has 0 heterocycles. The van der Waals surface area contributed by atoms with Crippen LogP contribution in [0.4, 0.5) is 0 Å². The van der Waals surface area contributed by atoms with Gasteiger partial charge in [-0.05, 0) is 77.5 Å². The summed E-state index contributed by atoms with van der Waals surface area (Å²) in [5, 5.41) is 0. The molecule has 0 bridgehead atoms. The van der Waals surface area contributed by atoms with Gasteiger partial charge in [0.25, 0.3) is 0 Å². The van der Waals surface area contributed by atoms with Crippen LogP contribution in [0.3, 0.4) is 0 Å². The van der Waals surface area contributed by atoms with Crippen LogP contribution in [-0.2, 0) is 28.2 Å². The summed E-state index contributed by atoms with van der Waals surface area (Å²) in [4.78, 5) is 45.0. The van der Waals surface area contributed by atoms with Gasteiger partial charge in [0.1, 0.15) is 6.61 Å². The minimum atomic E-state index is -5.31. The van der Waals surface area contributed by atoms with Gasteiger partial charge in [-0.3, -0.25) is 4.79 Å². The molecule has 0 amide bonds. The van der Waals surface area contributed by atoms with Gasteiger partial charge >= 0.3 is 71.1 Å². The maximum Gasteiger partial charge on any atom is 1.00 e. The number of esters is 2. The molecule has 214 valence electrons. The number of ether oxygens (including phenoxy) is 2. The van der Waals surface area contributed by atoms with Gasteiger partial charge in [0, 0.05) is 30.9 Å². The molecule has 0 fully saturated rings. The summed E-state index contributed by atoms with van der Waals surface area (Å²) in [6.45, 7) is 0.708. The zero-order chi connectivity index (χ0) is 26.2. The topological polar surface area (TPSA) is 160 Å². The Morgan fingerprint density at radius 1 is 0.842 bits per heavy atom. The number of phosphoric acid groups is 1. The van der Waals surface area contributed by atoms with Crippen molar-refractivity contribution in [3.8, 4) is 83.4 Å². The molecule has 0 rings (SSSR count). The molecule has 12 heteroatoms. The van der Waals surface area contributed by atoms with Crippen molar-refractivity contribution in [2.45, 2.75) is 51.6 Å². The van der Waals surface area contributed by atoms with E-state index < -0.39 is 39.1 Å². The van der Waals surface area contributed by atoms with E-state index >= 15 is 0 Å². The van der Waals surface area contributed by atoms with E-state index in [0.29, 0.717) is 6.42 Å². The van der Waals surface area contributed by atoms with E-state index in [-0.39, 0.29) is 90.2 Å². The zero-order valence-corrected chi connectivity index (χ0v) is 26.6. The number of hydrogen-bond acceptors (Lipinski definition) is 9. The van der Waals surface area contributed by atoms with Crippen LogP contribution in [0.2, 0.25) is 0 Å². The molecule has 0 aliphatic carbocycles. The van der Waals surface area contributed by atoms with Gasteiger partial charge < -0.3 is 34.5 Å². The van der Waals surface area contributed by atoms with Crippen LogP contribution in [0.5, 0.6) is 0 Å². The Morgan fingerprint density at radius 2 is 1.34 bits per heavy atom. The third-order valence-corrected chi connectivity index (χ3v) is 3.93. The summed E-state index contributed by atoms with van der Waals surface area (Å²) in [6, 6.07) is 0. The first-order chi connectivity index (χ1) is 16.8. The van der Waals surface area contributed by atoms with Gasteiger partial charge in [0.15, 0.2) is 6.10 Å². The smallest absolute Gasteiger partial charge is 0.790 e. The average molecular weight is 582 g/mol. The van der Waals surface area contributed by atoms with Gasteiger partial charge in [0.2, 0.25) is 0 Å². The molecule has 9 nitrogen and oxygen atoms in total. The van der Waals surface area contributed by atoms with Crippen molar-refractivity contribution in [2.75, 3.05) is 13.2 Å². The molecule has 0 aromatic carbocycles. The molecule has 0 radical (unpaired) electrons. The maximum absolute atomic E-state index is 11.9. The third kappa shape index (κ3) is 32.0. The molecule has 0 aliphatic heterocycles. The molecule has 0 spiro atoms. The standard InChI is InChI=1S/C26H23O8P.H3N.2Na.13H2/c1-3-5-7-9-10-11-12-13-14-15-17-18-20-25(27)32-22-24(23-33-35(29,30)31)34-26(28)21-19-16-8-6-4-2;;;;;;;;;;;;;;;;/h1,24H,4,6,8,16,19,21-23H2,2H3,(H2,29,30,31);1H3;;;13*1H/q;;2*+1;;;;;;;;;;;;;/p-2/t24-;;;;;;;;;;;;;;;;/m1................/s1. The second kappa shape index (κ2) is 29.5. The van der Waals surface area contributed by atoms with E-state index in [1.54, 1.807) is 0 Å². The molecule has 0 aromatic rings. The first kappa shape index (κ1) is 43.0. The number of terminal acetylenes is 1. The second-order valence-electron chi connectivity index (χ2n) is 6.26. The molecule has 0 saturated carbocycles. The largest absolute Gasteiger partial charge is 1.00 e. The van der Waals surface area contributed by atoms with Crippen LogP contribution in [0.25, 0.3) is 0 Å².